The van der Waals surface area contributed by atoms with E-state index in [1.807, 2.05) is 78.9 Å². The quantitative estimate of drug-likeness (QED) is 0.158. The van der Waals surface area contributed by atoms with Crippen LogP contribution in [0.2, 0.25) is 0 Å². The van der Waals surface area contributed by atoms with Crippen LogP contribution >= 0.6 is 0 Å². The van der Waals surface area contributed by atoms with Crippen molar-refractivity contribution in [3.8, 4) is 0 Å². The van der Waals surface area contributed by atoms with Crippen LogP contribution in [0.1, 0.15) is 34.9 Å². The maximum atomic E-state index is 12.8. The van der Waals surface area contributed by atoms with Gasteiger partial charge in [0, 0.05) is 23.8 Å². The molecule has 10 heteroatoms. The molecule has 4 N–H and O–H groups in total. The zero-order valence-electron chi connectivity index (χ0n) is 22.3. The summed E-state index contributed by atoms with van der Waals surface area (Å²) in [5, 5.41) is 26.8. The molecule has 0 aliphatic rings. The second kappa shape index (κ2) is 15.2. The number of aliphatic hydroxyl groups is 1. The van der Waals surface area contributed by atoms with Gasteiger partial charge in [0.15, 0.2) is 0 Å². The smallest absolute Gasteiger partial charge is 0.329 e. The van der Waals surface area contributed by atoms with Crippen molar-refractivity contribution in [2.24, 2.45) is 0 Å². The van der Waals surface area contributed by atoms with E-state index < -0.39 is 36.5 Å². The van der Waals surface area contributed by atoms with Crippen molar-refractivity contribution < 1.29 is 29.3 Å². The molecule has 0 saturated heterocycles. The molecule has 1 amide bonds. The van der Waals surface area contributed by atoms with Crippen molar-refractivity contribution >= 4 is 23.4 Å². The Morgan fingerprint density at radius 2 is 1.44 bits per heavy atom. The van der Waals surface area contributed by atoms with Gasteiger partial charge >= 0.3 is 5.97 Å². The zero-order valence-corrected chi connectivity index (χ0v) is 22.3. The summed E-state index contributed by atoms with van der Waals surface area (Å²) in [5.41, 5.74) is 2.61. The number of carbonyl (C=O) groups is 2. The Morgan fingerprint density at radius 3 is 2.12 bits per heavy atom. The number of para-hydroxylation sites is 1. The third kappa shape index (κ3) is 8.67. The third-order valence-corrected chi connectivity index (χ3v) is 6.24. The lowest BCUT2D eigenvalue weighted by atomic mass is 9.82. The number of amides is 1. The topological polar surface area (TPSA) is 143 Å². The maximum absolute atomic E-state index is 12.8. The fourth-order valence-electron chi connectivity index (χ4n) is 4.42. The summed E-state index contributed by atoms with van der Waals surface area (Å²) < 4.78 is 10.3. The first-order valence-corrected chi connectivity index (χ1v) is 13.1. The van der Waals surface area contributed by atoms with Crippen LogP contribution in [-0.2, 0) is 19.1 Å². The van der Waals surface area contributed by atoms with Gasteiger partial charge in [0.05, 0.1) is 31.3 Å². The Balaban J connectivity index is 1.64. The van der Waals surface area contributed by atoms with Crippen LogP contribution in [-0.4, -0.2) is 58.5 Å². The van der Waals surface area contributed by atoms with Crippen molar-refractivity contribution in [3.63, 3.8) is 0 Å². The number of nitrogens with one attached hydrogen (secondary N) is 2. The number of pyridine rings is 2. The highest BCUT2D eigenvalue weighted by Crippen LogP contribution is 2.43. The van der Waals surface area contributed by atoms with Gasteiger partial charge in [-0.15, -0.1) is 0 Å². The second-order valence-corrected chi connectivity index (χ2v) is 9.11. The second-order valence-electron chi connectivity index (χ2n) is 9.11. The van der Waals surface area contributed by atoms with Crippen LogP contribution in [0.5, 0.6) is 0 Å². The van der Waals surface area contributed by atoms with E-state index in [2.05, 4.69) is 20.6 Å². The summed E-state index contributed by atoms with van der Waals surface area (Å²) in [6, 6.07) is 27.2. The number of ether oxygens (including phenoxy) is 2. The molecule has 0 spiro atoms. The summed E-state index contributed by atoms with van der Waals surface area (Å²) in [6.07, 6.45) is 2.40. The lowest BCUT2D eigenvalue weighted by Crippen LogP contribution is -2.28. The highest BCUT2D eigenvalue weighted by atomic mass is 16.5. The monoisotopic (exact) mass is 556 g/mol. The Morgan fingerprint density at radius 1 is 0.780 bits per heavy atom. The Hall–Kier alpha value is -4.64. The summed E-state index contributed by atoms with van der Waals surface area (Å²) in [5.74, 6) is -1.47. The van der Waals surface area contributed by atoms with Crippen LogP contribution < -0.4 is 10.6 Å². The fraction of sp³-hybridized carbons (Fsp3) is 0.226. The van der Waals surface area contributed by atoms with E-state index in [1.165, 1.54) is 0 Å². The average Bonchev–Trinajstić information content (AvgIpc) is 3.00. The molecule has 2 aromatic carbocycles. The van der Waals surface area contributed by atoms with Crippen molar-refractivity contribution in [3.05, 3.63) is 120 Å². The number of aromatic nitrogens is 2. The van der Waals surface area contributed by atoms with Crippen LogP contribution in [0.4, 0.5) is 11.5 Å². The number of carboxylic acid groups (broad SMARTS) is 1. The summed E-state index contributed by atoms with van der Waals surface area (Å²) >= 11 is 0. The normalized spacial score (nSPS) is 13.1. The van der Waals surface area contributed by atoms with E-state index in [0.717, 1.165) is 5.56 Å². The number of aliphatic hydroxyl groups excluding tert-OH is 1. The molecule has 3 unspecified atom stereocenters. The van der Waals surface area contributed by atoms with E-state index >= 15 is 0 Å². The minimum absolute atomic E-state index is 0.0510. The highest BCUT2D eigenvalue weighted by Gasteiger charge is 2.35. The van der Waals surface area contributed by atoms with Crippen LogP contribution in [0, 0.1) is 0 Å². The van der Waals surface area contributed by atoms with Crippen LogP contribution in [0.3, 0.4) is 0 Å². The predicted molar refractivity (Wildman–Crippen MR) is 153 cm³/mol. The summed E-state index contributed by atoms with van der Waals surface area (Å²) in [4.78, 5) is 32.4. The predicted octanol–water partition coefficient (Wildman–Crippen LogP) is 4.20. The van der Waals surface area contributed by atoms with Gasteiger partial charge in [0.2, 0.25) is 5.91 Å². The molecular formula is C31H32N4O6. The molecule has 0 saturated carbocycles. The molecule has 4 rings (SSSR count). The van der Waals surface area contributed by atoms with E-state index in [9.17, 15) is 14.7 Å². The number of hydrogen-bond donors (Lipinski definition) is 4. The molecule has 10 nitrogen and oxygen atoms in total. The molecule has 4 aromatic rings. The minimum atomic E-state index is -1.07. The Bertz CT molecular complexity index is 1380. The molecule has 212 valence electrons. The van der Waals surface area contributed by atoms with Crippen molar-refractivity contribution in [2.75, 3.05) is 37.1 Å². The van der Waals surface area contributed by atoms with Crippen LogP contribution in [0.25, 0.3) is 0 Å². The van der Waals surface area contributed by atoms with E-state index in [4.69, 9.17) is 14.6 Å². The van der Waals surface area contributed by atoms with E-state index in [0.29, 0.717) is 22.8 Å². The molecule has 0 aliphatic heterocycles. The van der Waals surface area contributed by atoms with Gasteiger partial charge in [-0.2, -0.15) is 0 Å². The molecule has 0 aliphatic carbocycles. The summed E-state index contributed by atoms with van der Waals surface area (Å²) in [6.45, 7) is -0.564. The van der Waals surface area contributed by atoms with Gasteiger partial charge in [-0.25, -0.2) is 9.78 Å². The van der Waals surface area contributed by atoms with Gasteiger partial charge in [0.25, 0.3) is 0 Å². The molecule has 0 radical (unpaired) electrons. The number of benzene rings is 2. The number of rotatable bonds is 15. The number of aliphatic carboxylic acids is 1. The van der Waals surface area contributed by atoms with Gasteiger partial charge in [-0.05, 0) is 41.5 Å². The molecule has 2 heterocycles. The number of anilines is 2. The number of nitrogens with zero attached hydrogens (tertiary/aromatic N) is 2. The zero-order chi connectivity index (χ0) is 28.9. The van der Waals surface area contributed by atoms with Crippen molar-refractivity contribution in [1.82, 2.24) is 9.97 Å². The SMILES string of the molecule is O=C(O)COCCOCC(=O)Nc1ccccc1C(Nc1ccccn1)C(c1ccccn1)C(O)c1ccccc1. The lowest BCUT2D eigenvalue weighted by Gasteiger charge is -2.33. The van der Waals surface area contributed by atoms with Gasteiger partial charge in [-0.1, -0.05) is 60.7 Å². The van der Waals surface area contributed by atoms with Crippen molar-refractivity contribution in [2.45, 2.75) is 18.1 Å². The Kier molecular flexibility index (Phi) is 10.9. The van der Waals surface area contributed by atoms with Gasteiger partial charge in [0.1, 0.15) is 19.0 Å². The first kappa shape index (κ1) is 29.3. The lowest BCUT2D eigenvalue weighted by molar-refractivity contribution is -0.143. The Labute approximate surface area is 238 Å². The van der Waals surface area contributed by atoms with Crippen molar-refractivity contribution in [1.29, 1.82) is 0 Å². The van der Waals surface area contributed by atoms with Crippen LogP contribution in [0.15, 0.2) is 103 Å². The molecule has 0 fully saturated rings. The number of hydrogen-bond acceptors (Lipinski definition) is 8. The van der Waals surface area contributed by atoms with E-state index in [1.54, 1.807) is 24.5 Å². The summed E-state index contributed by atoms with van der Waals surface area (Å²) in [7, 11) is 0. The number of carboxylic acids is 1. The molecule has 0 bridgehead atoms. The number of carbonyl (C=O) groups excluding carboxylic acids is 1. The molecule has 3 atom stereocenters. The third-order valence-electron chi connectivity index (χ3n) is 6.24. The first-order valence-electron chi connectivity index (χ1n) is 13.1. The maximum Gasteiger partial charge on any atom is 0.329 e. The minimum Gasteiger partial charge on any atom is -0.480 e. The largest absolute Gasteiger partial charge is 0.480 e. The van der Waals surface area contributed by atoms with Gasteiger partial charge in [-0.3, -0.25) is 9.78 Å². The van der Waals surface area contributed by atoms with Gasteiger partial charge < -0.3 is 30.3 Å². The standard InChI is InChI=1S/C31H32N4O6/c36-27(20-40-18-19-41-21-28(37)38)34-24-13-5-4-12-23(24)30(35-26-15-7-9-17-33-26)29(25-14-6-8-16-32-25)31(39)22-10-2-1-3-11-22/h1-17,29-31,39H,18-21H2,(H,33,35)(H,34,36)(H,37,38). The van der Waals surface area contributed by atoms with E-state index in [-0.39, 0.29) is 19.8 Å². The first-order chi connectivity index (χ1) is 20.0. The fourth-order valence-corrected chi connectivity index (χ4v) is 4.42. The molecule has 41 heavy (non-hydrogen) atoms. The highest BCUT2D eigenvalue weighted by molar-refractivity contribution is 5.92. The average molecular weight is 557 g/mol. The molecular weight excluding hydrogens is 524 g/mol. The molecule has 2 aromatic heterocycles.